The molecule has 1 amide bonds. The summed E-state index contributed by atoms with van der Waals surface area (Å²) in [6.07, 6.45) is 4.26. The van der Waals surface area contributed by atoms with Crippen molar-refractivity contribution < 1.29 is 9.90 Å². The zero-order valence-corrected chi connectivity index (χ0v) is 10.4. The van der Waals surface area contributed by atoms with E-state index in [-0.39, 0.29) is 12.5 Å². The molecule has 4 N–H and O–H groups in total. The summed E-state index contributed by atoms with van der Waals surface area (Å²) in [4.78, 5) is 13.5. The van der Waals surface area contributed by atoms with Crippen LogP contribution in [0.25, 0.3) is 0 Å². The van der Waals surface area contributed by atoms with Crippen LogP contribution in [0.1, 0.15) is 12.8 Å². The smallest absolute Gasteiger partial charge is 0.278 e. The molecule has 0 atom stereocenters. The van der Waals surface area contributed by atoms with Crippen LogP contribution in [0.3, 0.4) is 0 Å². The molecule has 7 nitrogen and oxygen atoms in total. The van der Waals surface area contributed by atoms with Gasteiger partial charge in [0.15, 0.2) is 0 Å². The van der Waals surface area contributed by atoms with Gasteiger partial charge in [-0.3, -0.25) is 15.1 Å². The standard InChI is InChI=1S/C11H19N5O2/c1-12-6-9-10(17)16(8-14-15-9)7-11(18)2-4-13-5-3-11/h6,8,12-13,15,18H,2-5,7H2,1H3/b9-6-. The first-order chi connectivity index (χ1) is 8.64. The van der Waals surface area contributed by atoms with Crippen LogP contribution in [0.4, 0.5) is 0 Å². The van der Waals surface area contributed by atoms with Crippen LogP contribution in [-0.2, 0) is 4.79 Å². The number of hydrazone groups is 1. The summed E-state index contributed by atoms with van der Waals surface area (Å²) in [7, 11) is 1.71. The first kappa shape index (κ1) is 12.8. The monoisotopic (exact) mass is 253 g/mol. The Bertz CT molecular complexity index is 374. The topological polar surface area (TPSA) is 89.0 Å². The normalized spacial score (nSPS) is 25.1. The lowest BCUT2D eigenvalue weighted by Gasteiger charge is -2.36. The summed E-state index contributed by atoms with van der Waals surface area (Å²) in [5.74, 6) is -0.189. The second kappa shape index (κ2) is 5.36. The molecule has 18 heavy (non-hydrogen) atoms. The highest BCUT2D eigenvalue weighted by atomic mass is 16.3. The maximum atomic E-state index is 12.1. The van der Waals surface area contributed by atoms with Crippen LogP contribution in [0.2, 0.25) is 0 Å². The Hall–Kier alpha value is -1.60. The van der Waals surface area contributed by atoms with E-state index in [1.54, 1.807) is 13.2 Å². The highest BCUT2D eigenvalue weighted by Gasteiger charge is 2.34. The highest BCUT2D eigenvalue weighted by Crippen LogP contribution is 2.20. The van der Waals surface area contributed by atoms with E-state index in [1.807, 2.05) is 0 Å². The van der Waals surface area contributed by atoms with Gasteiger partial charge in [0.05, 0.1) is 12.1 Å². The van der Waals surface area contributed by atoms with Crippen LogP contribution in [0, 0.1) is 0 Å². The third-order valence-electron chi connectivity index (χ3n) is 3.16. The van der Waals surface area contributed by atoms with Gasteiger partial charge in [-0.2, -0.15) is 5.10 Å². The van der Waals surface area contributed by atoms with Crippen LogP contribution in [0.5, 0.6) is 0 Å². The van der Waals surface area contributed by atoms with Crippen LogP contribution < -0.4 is 16.1 Å². The number of aliphatic hydroxyl groups is 1. The number of nitrogens with one attached hydrogen (secondary N) is 3. The fraction of sp³-hybridized carbons (Fsp3) is 0.636. The van der Waals surface area contributed by atoms with Gasteiger partial charge in [0, 0.05) is 13.2 Å². The van der Waals surface area contributed by atoms with Crippen molar-refractivity contribution in [3.8, 4) is 0 Å². The van der Waals surface area contributed by atoms with Crippen molar-refractivity contribution in [3.63, 3.8) is 0 Å². The molecule has 7 heteroatoms. The van der Waals surface area contributed by atoms with Gasteiger partial charge in [-0.25, -0.2) is 0 Å². The predicted octanol–water partition coefficient (Wildman–Crippen LogP) is -1.46. The molecule has 0 aromatic carbocycles. The van der Waals surface area contributed by atoms with Crippen molar-refractivity contribution >= 4 is 12.2 Å². The zero-order chi connectivity index (χ0) is 13.0. The van der Waals surface area contributed by atoms with E-state index in [9.17, 15) is 9.90 Å². The Labute approximate surface area is 106 Å². The zero-order valence-electron chi connectivity index (χ0n) is 10.4. The Morgan fingerprint density at radius 2 is 2.33 bits per heavy atom. The van der Waals surface area contributed by atoms with Gasteiger partial charge >= 0.3 is 0 Å². The maximum Gasteiger partial charge on any atom is 0.278 e. The molecule has 0 aromatic rings. The minimum absolute atomic E-state index is 0.189. The molecular weight excluding hydrogens is 234 g/mol. The number of nitrogens with zero attached hydrogens (tertiary/aromatic N) is 2. The van der Waals surface area contributed by atoms with E-state index < -0.39 is 5.60 Å². The lowest BCUT2D eigenvalue weighted by Crippen LogP contribution is -2.52. The summed E-state index contributed by atoms with van der Waals surface area (Å²) in [5, 5.41) is 20.3. The molecule has 2 aliphatic rings. The molecule has 0 aliphatic carbocycles. The minimum Gasteiger partial charge on any atom is -0.392 e. The molecule has 0 aromatic heterocycles. The van der Waals surface area contributed by atoms with E-state index in [0.717, 1.165) is 13.1 Å². The highest BCUT2D eigenvalue weighted by molar-refractivity contribution is 6.01. The van der Waals surface area contributed by atoms with Gasteiger partial charge in [-0.15, -0.1) is 0 Å². The molecule has 1 saturated heterocycles. The van der Waals surface area contributed by atoms with E-state index in [2.05, 4.69) is 21.2 Å². The number of piperidine rings is 1. The van der Waals surface area contributed by atoms with Gasteiger partial charge in [-0.1, -0.05) is 0 Å². The fourth-order valence-electron chi connectivity index (χ4n) is 2.14. The van der Waals surface area contributed by atoms with Crippen LogP contribution in [0.15, 0.2) is 17.0 Å². The Kier molecular flexibility index (Phi) is 3.83. The largest absolute Gasteiger partial charge is 0.392 e. The maximum absolute atomic E-state index is 12.1. The van der Waals surface area contributed by atoms with Crippen molar-refractivity contribution in [2.24, 2.45) is 5.10 Å². The number of hydrogen-bond acceptors (Lipinski definition) is 6. The van der Waals surface area contributed by atoms with Gasteiger partial charge < -0.3 is 15.7 Å². The number of hydrogen-bond donors (Lipinski definition) is 4. The summed E-state index contributed by atoms with van der Waals surface area (Å²) >= 11 is 0. The first-order valence-corrected chi connectivity index (χ1v) is 6.05. The molecule has 1 fully saturated rings. The Morgan fingerprint density at radius 1 is 1.61 bits per heavy atom. The molecule has 2 heterocycles. The lowest BCUT2D eigenvalue weighted by atomic mass is 9.92. The predicted molar refractivity (Wildman–Crippen MR) is 67.5 cm³/mol. The molecule has 0 bridgehead atoms. The number of carbonyl (C=O) groups excluding carboxylic acids is 1. The van der Waals surface area contributed by atoms with Crippen LogP contribution >= 0.6 is 0 Å². The van der Waals surface area contributed by atoms with Gasteiger partial charge in [0.1, 0.15) is 12.0 Å². The first-order valence-electron chi connectivity index (χ1n) is 6.05. The lowest BCUT2D eigenvalue weighted by molar-refractivity contribution is -0.127. The van der Waals surface area contributed by atoms with Gasteiger partial charge in [0.2, 0.25) is 0 Å². The summed E-state index contributed by atoms with van der Waals surface area (Å²) in [5.41, 5.74) is 2.18. The second-order valence-corrected chi connectivity index (χ2v) is 4.61. The number of amides is 1. The third kappa shape index (κ3) is 2.80. The third-order valence-corrected chi connectivity index (χ3v) is 3.16. The minimum atomic E-state index is -0.824. The number of β-amino-alcohol motifs (C(OH)–C–C–N with tert-alkyl or cyclic N) is 1. The average Bonchev–Trinajstić information content (AvgIpc) is 2.35. The van der Waals surface area contributed by atoms with E-state index in [1.165, 1.54) is 11.2 Å². The second-order valence-electron chi connectivity index (χ2n) is 4.61. The molecule has 2 rings (SSSR count). The van der Waals surface area contributed by atoms with Gasteiger partial charge in [0.25, 0.3) is 5.91 Å². The van der Waals surface area contributed by atoms with E-state index >= 15 is 0 Å². The van der Waals surface area contributed by atoms with Crippen molar-refractivity contribution in [1.29, 1.82) is 0 Å². The fourth-order valence-corrected chi connectivity index (χ4v) is 2.14. The summed E-state index contributed by atoms with van der Waals surface area (Å²) in [6.45, 7) is 1.82. The van der Waals surface area contributed by atoms with Crippen molar-refractivity contribution in [3.05, 3.63) is 11.9 Å². The molecule has 0 saturated carbocycles. The van der Waals surface area contributed by atoms with E-state index in [0.29, 0.717) is 18.5 Å². The quantitative estimate of drug-likeness (QED) is 0.462. The van der Waals surface area contributed by atoms with Crippen molar-refractivity contribution in [1.82, 2.24) is 21.0 Å². The molecular formula is C11H19N5O2. The van der Waals surface area contributed by atoms with Crippen LogP contribution in [-0.4, -0.2) is 54.5 Å². The Morgan fingerprint density at radius 3 is 3.00 bits per heavy atom. The summed E-state index contributed by atoms with van der Waals surface area (Å²) < 4.78 is 0. The number of carbonyl (C=O) groups is 1. The van der Waals surface area contributed by atoms with Crippen molar-refractivity contribution in [2.75, 3.05) is 26.7 Å². The SMILES string of the molecule is CN/C=C1\NN=CN(CC2(O)CCNCC2)C1=O. The average molecular weight is 253 g/mol. The molecule has 0 radical (unpaired) electrons. The molecule has 0 unspecified atom stereocenters. The molecule has 2 aliphatic heterocycles. The molecule has 100 valence electrons. The Balaban J connectivity index is 2.04. The molecule has 0 spiro atoms. The van der Waals surface area contributed by atoms with Gasteiger partial charge in [-0.05, 0) is 25.9 Å². The van der Waals surface area contributed by atoms with E-state index in [4.69, 9.17) is 0 Å². The number of rotatable bonds is 3. The summed E-state index contributed by atoms with van der Waals surface area (Å²) in [6, 6.07) is 0. The van der Waals surface area contributed by atoms with Crippen molar-refractivity contribution in [2.45, 2.75) is 18.4 Å².